The van der Waals surface area contributed by atoms with Crippen LogP contribution >= 0.6 is 64.8 Å². The normalized spacial score (nSPS) is 25.6. The lowest BCUT2D eigenvalue weighted by molar-refractivity contribution is -0.137. The van der Waals surface area contributed by atoms with Gasteiger partial charge >= 0.3 is 0 Å². The minimum atomic E-state index is -1.94. The number of hydrogen-bond donors (Lipinski definition) is 35. The van der Waals surface area contributed by atoms with Crippen molar-refractivity contribution in [3.63, 3.8) is 0 Å². The van der Waals surface area contributed by atoms with Gasteiger partial charge in [-0.2, -0.15) is 0 Å². The van der Waals surface area contributed by atoms with Crippen LogP contribution in [0.25, 0.3) is 10.9 Å². The lowest BCUT2D eigenvalue weighted by Gasteiger charge is -2.31. The topological polar surface area (TPSA) is 869 Å². The number of aromatic amines is 1. The summed E-state index contributed by atoms with van der Waals surface area (Å²) in [6, 6.07) is -13.8. The van der Waals surface area contributed by atoms with Crippen molar-refractivity contribution in [2.24, 2.45) is 46.4 Å². The van der Waals surface area contributed by atoms with Crippen molar-refractivity contribution in [3.8, 4) is 0 Å². The SMILES string of the molecule is CC[C@H](C)[C@@H]1NC(=O)[C@@H]2CSSC[C@H](NC(=O)[C@H](CCCNC(=N)N)NC(=O)[C@@H]3CSSC[C@H](NC1=O)C(=O)N[C@@H]([C@@H](C)O)C(=O)N[C@@H](CCCNC(=N)N)C(=O)NCC(=O)N[C@@H](Cc1ccccc1)C(=O)N3)C(=O)N[C@@H](CC(C)C)C(=O)N[C@H]1CSSC[C@H](NC(=O)[C@H](C(C)C)NC(=O)[C@H](Cc3c[nH]c4ccccc34)NC(=O)[C@H](CCCNC(=N)N)NC(=O)[C@H](CCCNC(=N)N)NC1=O)C(=O)N[C@@H](CCCNC(=N)N)C(=O)N2. The molecule has 3 aromatic rings. The van der Waals surface area contributed by atoms with E-state index in [4.69, 9.17) is 55.7 Å². The summed E-state index contributed by atoms with van der Waals surface area (Å²) in [6.45, 7) is 9.66. The van der Waals surface area contributed by atoms with Gasteiger partial charge in [0.2, 0.25) is 106 Å². The molecule has 5 heterocycles. The molecular formula is C91H144N34O19S6. The fraction of sp³-hybridized carbons (Fsp3) is 0.593. The summed E-state index contributed by atoms with van der Waals surface area (Å²) in [5, 5.41) is 113. The number of H-pyrrole nitrogens is 1. The zero-order valence-electron chi connectivity index (χ0n) is 84.4. The van der Waals surface area contributed by atoms with Crippen molar-refractivity contribution in [2.75, 3.05) is 73.8 Å². The molecule has 4 aliphatic heterocycles. The zero-order chi connectivity index (χ0) is 110. The van der Waals surface area contributed by atoms with Crippen molar-refractivity contribution in [1.82, 2.24) is 127 Å². The second kappa shape index (κ2) is 63.8. The first-order valence-electron chi connectivity index (χ1n) is 49.1. The van der Waals surface area contributed by atoms with Crippen LogP contribution in [0, 0.1) is 44.8 Å². The average molecular weight is 2210 g/mol. The molecule has 40 N–H and O–H groups in total. The fourth-order valence-electron chi connectivity index (χ4n) is 15.7. The number of hydrogen-bond acceptors (Lipinski definition) is 30. The van der Waals surface area contributed by atoms with Gasteiger partial charge in [0, 0.05) is 97.2 Å². The summed E-state index contributed by atoms with van der Waals surface area (Å²) in [5.74, 6) is -26.8. The Morgan fingerprint density at radius 1 is 0.340 bits per heavy atom. The Balaban J connectivity index is 1.47. The van der Waals surface area contributed by atoms with Gasteiger partial charge in [-0.1, -0.05) is 161 Å². The van der Waals surface area contributed by atoms with Crippen LogP contribution in [-0.4, -0.2) is 329 Å². The molecule has 53 nitrogen and oxygen atoms in total. The number of carbonyl (C=O) groups excluding carboxylic acids is 18. The standard InChI is InChI=1S/C91H144N34O19S6/c1-8-46(6)68-85(143)122-65-43-150-146-39-61(120-76(134)58(34-48-19-10-9-11-20-48)109-66(127)37-108-70(128)52(23-14-28-102-87(92)93)114-86(144)69(47(7)126)125-83(65)141)79(137)112-55(26-17-31-105-90(98)99)73(131)117-62-40-147-149-42-64(82(140)124-68)118-74(132)56(27-18-32-106-91(100)101)113-80(138)63-41-148-145-38-60(119-75(133)57(33-44(2)3)115-81(62)139)78(136)111-53(24-15-29-103-88(94)95)71(129)110-54(25-16-30-104-89(96)97)72(130)116-59(77(135)123-67(45(4)5)84(142)121-63)35-49-36-107-51-22-13-12-21-50(49)51/h9-13,19-22,36,44-47,52-65,67-69,107,126H,8,14-18,23-35,37-43H2,1-7H3,(H,108,128)(H,109,127)(H,110,129)(H,111,136)(H,112,137)(H,113,138)(H,114,144)(H,115,139)(H,116,130)(H,117,131)(H,118,132)(H,119,133)(H,120,134)(H,121,142)(H,122,143)(H,123,135)(H,124,140)(H,125,141)(H4,92,93,102)(H4,94,95,103)(H4,96,97,104)(H4,98,99,105)(H4,100,101,106)/t46-,47+,52-,53-,54-,55-,56-,57-,58-,59-,60-,61-,62-,63-,64-,65-,67-,68-,69-/m0/s1. The van der Waals surface area contributed by atoms with E-state index in [1.807, 2.05) is 0 Å². The molecule has 0 spiro atoms. The average Bonchev–Trinajstić information content (AvgIpc) is 1.68. The monoisotopic (exact) mass is 2210 g/mol. The molecule has 19 atom stereocenters. The van der Waals surface area contributed by atoms with Crippen LogP contribution < -0.4 is 151 Å². The second-order valence-electron chi connectivity index (χ2n) is 37.0. The number of nitrogens with two attached hydrogens (primary N) is 5. The van der Waals surface area contributed by atoms with Gasteiger partial charge in [0.1, 0.15) is 103 Å². The number of aliphatic hydroxyl groups excluding tert-OH is 1. The third-order valence-electron chi connectivity index (χ3n) is 24.1. The lowest BCUT2D eigenvalue weighted by Crippen LogP contribution is -2.63. The van der Waals surface area contributed by atoms with E-state index < -0.39 is 304 Å². The highest BCUT2D eigenvalue weighted by Gasteiger charge is 2.43. The van der Waals surface area contributed by atoms with Crippen LogP contribution in [0.3, 0.4) is 0 Å². The molecule has 0 saturated carbocycles. The number of amides is 18. The lowest BCUT2D eigenvalue weighted by atomic mass is 9.97. The smallest absolute Gasteiger partial charge is 0.245 e. The number of nitrogens with one attached hydrogen (secondary N) is 29. The maximum absolute atomic E-state index is 15.8. The summed E-state index contributed by atoms with van der Waals surface area (Å²) in [4.78, 5) is 280. The third kappa shape index (κ3) is 42.7. The maximum atomic E-state index is 15.8. The van der Waals surface area contributed by atoms with Gasteiger partial charge in [-0.25, -0.2) is 0 Å². The summed E-state index contributed by atoms with van der Waals surface area (Å²) >= 11 is 0. The number of benzene rings is 2. The second-order valence-corrected chi connectivity index (χ2v) is 44.6. The summed E-state index contributed by atoms with van der Waals surface area (Å²) in [7, 11) is 4.83. The number of guanidine groups is 5. The molecule has 0 aliphatic carbocycles. The van der Waals surface area contributed by atoms with Gasteiger partial charge in [0.25, 0.3) is 0 Å². The molecule has 4 fully saturated rings. The number of rotatable bonds is 30. The summed E-state index contributed by atoms with van der Waals surface area (Å²) in [6.07, 6.45) is -2.42. The Morgan fingerprint density at radius 3 is 1.01 bits per heavy atom. The van der Waals surface area contributed by atoms with Crippen molar-refractivity contribution < 1.29 is 91.4 Å². The Bertz CT molecular complexity index is 5210. The van der Waals surface area contributed by atoms with Gasteiger partial charge in [-0.15, -0.1) is 0 Å². The van der Waals surface area contributed by atoms with Gasteiger partial charge < -0.3 is 161 Å². The molecule has 18 amide bonds. The minimum absolute atomic E-state index is 0.0120. The molecule has 59 heteroatoms. The van der Waals surface area contributed by atoms with E-state index in [9.17, 15) is 19.5 Å². The van der Waals surface area contributed by atoms with Crippen LogP contribution in [0.2, 0.25) is 0 Å². The highest BCUT2D eigenvalue weighted by atomic mass is 33.1. The molecule has 6 bridgehead atoms. The largest absolute Gasteiger partial charge is 0.391 e. The van der Waals surface area contributed by atoms with Crippen molar-refractivity contribution in [1.29, 1.82) is 27.0 Å². The van der Waals surface area contributed by atoms with Crippen LogP contribution in [0.1, 0.15) is 137 Å². The van der Waals surface area contributed by atoms with Crippen LogP contribution in [-0.2, 0) is 99.1 Å². The molecule has 0 radical (unpaired) electrons. The van der Waals surface area contributed by atoms with E-state index in [1.54, 1.807) is 102 Å². The van der Waals surface area contributed by atoms with Crippen LogP contribution in [0.15, 0.2) is 60.8 Å². The van der Waals surface area contributed by atoms with E-state index in [0.29, 0.717) is 22.0 Å². The molecule has 150 heavy (non-hydrogen) atoms. The van der Waals surface area contributed by atoms with Gasteiger partial charge in [0.05, 0.1) is 12.6 Å². The van der Waals surface area contributed by atoms with E-state index in [0.717, 1.165) is 71.7 Å². The molecular weight excluding hydrogens is 2070 g/mol. The minimum Gasteiger partial charge on any atom is -0.391 e. The van der Waals surface area contributed by atoms with E-state index in [1.165, 1.54) is 0 Å². The molecule has 4 aliphatic rings. The van der Waals surface area contributed by atoms with Crippen LogP contribution in [0.4, 0.5) is 0 Å². The molecule has 2 aromatic carbocycles. The number of para-hydroxylation sites is 1. The Hall–Kier alpha value is -13.1. The number of aromatic nitrogens is 1. The Labute approximate surface area is 891 Å². The summed E-state index contributed by atoms with van der Waals surface area (Å²) in [5.41, 5.74) is 30.0. The zero-order valence-corrected chi connectivity index (χ0v) is 89.3. The number of aliphatic hydroxyl groups is 1. The predicted molar refractivity (Wildman–Crippen MR) is 574 cm³/mol. The first kappa shape index (κ1) is 124. The maximum Gasteiger partial charge on any atom is 0.245 e. The Kier molecular flexibility index (Phi) is 52.6. The molecule has 0 unspecified atom stereocenters. The van der Waals surface area contributed by atoms with E-state index in [-0.39, 0.29) is 123 Å². The highest BCUT2D eigenvalue weighted by Crippen LogP contribution is 2.29. The van der Waals surface area contributed by atoms with Crippen LogP contribution in [0.5, 0.6) is 0 Å². The van der Waals surface area contributed by atoms with Gasteiger partial charge in [0.15, 0.2) is 29.8 Å². The van der Waals surface area contributed by atoms with E-state index in [2.05, 4.69) is 127 Å². The third-order valence-corrected chi connectivity index (χ3v) is 31.3. The molecule has 828 valence electrons. The fourth-order valence-corrected chi connectivity index (χ4v) is 22.7. The van der Waals surface area contributed by atoms with Crippen molar-refractivity contribution in [3.05, 3.63) is 71.9 Å². The Morgan fingerprint density at radius 2 is 0.633 bits per heavy atom. The highest BCUT2D eigenvalue weighted by molar-refractivity contribution is 8.77. The first-order chi connectivity index (χ1) is 71.3. The molecule has 1 aromatic heterocycles. The number of fused-ring (bicyclic) bond motifs is 16. The van der Waals surface area contributed by atoms with E-state index >= 15 is 71.9 Å². The van der Waals surface area contributed by atoms with Gasteiger partial charge in [-0.05, 0) is 112 Å². The molecule has 7 rings (SSSR count). The number of carbonyl (C=O) groups is 18. The van der Waals surface area contributed by atoms with Crippen molar-refractivity contribution >= 4 is 212 Å². The first-order valence-corrected chi connectivity index (χ1v) is 56.6. The van der Waals surface area contributed by atoms with Gasteiger partial charge in [-0.3, -0.25) is 113 Å². The quantitative estimate of drug-likeness (QED) is 0.0128. The summed E-state index contributed by atoms with van der Waals surface area (Å²) < 4.78 is 0. The molecule has 4 saturated heterocycles. The predicted octanol–water partition coefficient (Wildman–Crippen LogP) is -7.05. The van der Waals surface area contributed by atoms with Crippen molar-refractivity contribution in [2.45, 2.75) is 247 Å².